The number of hydrogen-bond donors (Lipinski definition) is 2. The van der Waals surface area contributed by atoms with Crippen LogP contribution in [-0.4, -0.2) is 38.9 Å². The number of benzene rings is 3. The molecule has 0 aliphatic carbocycles. The van der Waals surface area contributed by atoms with Crippen molar-refractivity contribution in [1.82, 2.24) is 10.0 Å². The average Bonchev–Trinajstić information content (AvgIpc) is 2.77. The number of thioether (sulfide) groups is 1. The van der Waals surface area contributed by atoms with Crippen molar-refractivity contribution < 1.29 is 13.2 Å². The van der Waals surface area contributed by atoms with Crippen LogP contribution >= 0.6 is 23.4 Å². The van der Waals surface area contributed by atoms with Gasteiger partial charge in [-0.15, -0.1) is 0 Å². The lowest BCUT2D eigenvalue weighted by molar-refractivity contribution is -0.122. The molecular formula is C23H25ClN2O3S2. The Bertz CT molecular complexity index is 1140. The SMILES string of the molecule is CSCC[C@H](NS(=O)(=O)c1ccc2ccccc2c1)C(=O)NCCc1ccc(Cl)cc1. The van der Waals surface area contributed by atoms with E-state index in [1.54, 1.807) is 42.1 Å². The van der Waals surface area contributed by atoms with Gasteiger partial charge in [0.25, 0.3) is 0 Å². The molecule has 0 aliphatic rings. The first-order chi connectivity index (χ1) is 14.9. The van der Waals surface area contributed by atoms with Crippen molar-refractivity contribution in [3.8, 4) is 0 Å². The Morgan fingerprint density at radius 2 is 1.74 bits per heavy atom. The van der Waals surface area contributed by atoms with Crippen LogP contribution in [0.3, 0.4) is 0 Å². The van der Waals surface area contributed by atoms with Gasteiger partial charge < -0.3 is 5.32 Å². The van der Waals surface area contributed by atoms with Gasteiger partial charge in [0, 0.05) is 11.6 Å². The van der Waals surface area contributed by atoms with Crippen molar-refractivity contribution in [2.75, 3.05) is 18.6 Å². The molecule has 3 aromatic rings. The number of hydrogen-bond acceptors (Lipinski definition) is 4. The van der Waals surface area contributed by atoms with Crippen LogP contribution < -0.4 is 10.0 Å². The molecule has 3 aromatic carbocycles. The van der Waals surface area contributed by atoms with Gasteiger partial charge in [0.05, 0.1) is 4.90 Å². The molecule has 5 nitrogen and oxygen atoms in total. The highest BCUT2D eigenvalue weighted by atomic mass is 35.5. The number of amides is 1. The number of carbonyl (C=O) groups is 1. The summed E-state index contributed by atoms with van der Waals surface area (Å²) in [4.78, 5) is 12.9. The Hall–Kier alpha value is -2.06. The highest BCUT2D eigenvalue weighted by molar-refractivity contribution is 7.98. The third kappa shape index (κ3) is 6.71. The molecule has 1 atom stereocenters. The molecule has 164 valence electrons. The van der Waals surface area contributed by atoms with Gasteiger partial charge in [-0.25, -0.2) is 8.42 Å². The van der Waals surface area contributed by atoms with E-state index < -0.39 is 16.1 Å². The van der Waals surface area contributed by atoms with Crippen LogP contribution in [0, 0.1) is 0 Å². The third-order valence-electron chi connectivity index (χ3n) is 4.88. The van der Waals surface area contributed by atoms with E-state index in [2.05, 4.69) is 10.0 Å². The summed E-state index contributed by atoms with van der Waals surface area (Å²) in [6.45, 7) is 0.411. The van der Waals surface area contributed by atoms with Gasteiger partial charge in [-0.05, 0) is 65.5 Å². The quantitative estimate of drug-likeness (QED) is 0.458. The van der Waals surface area contributed by atoms with Crippen molar-refractivity contribution in [1.29, 1.82) is 0 Å². The lowest BCUT2D eigenvalue weighted by Crippen LogP contribution is -2.47. The van der Waals surface area contributed by atoms with Crippen LogP contribution in [0.25, 0.3) is 10.8 Å². The molecule has 0 aliphatic heterocycles. The highest BCUT2D eigenvalue weighted by Gasteiger charge is 2.25. The Balaban J connectivity index is 1.68. The lowest BCUT2D eigenvalue weighted by atomic mass is 10.1. The Labute approximate surface area is 192 Å². The van der Waals surface area contributed by atoms with Gasteiger partial charge in [0.15, 0.2) is 0 Å². The largest absolute Gasteiger partial charge is 0.354 e. The number of sulfonamides is 1. The predicted molar refractivity (Wildman–Crippen MR) is 129 cm³/mol. The summed E-state index contributed by atoms with van der Waals surface area (Å²) in [7, 11) is -3.84. The molecule has 0 fully saturated rings. The van der Waals surface area contributed by atoms with E-state index >= 15 is 0 Å². The molecule has 8 heteroatoms. The van der Waals surface area contributed by atoms with E-state index in [4.69, 9.17) is 11.6 Å². The summed E-state index contributed by atoms with van der Waals surface area (Å²) in [5, 5.41) is 5.30. The van der Waals surface area contributed by atoms with E-state index in [-0.39, 0.29) is 10.8 Å². The Morgan fingerprint density at radius 3 is 2.45 bits per heavy atom. The first kappa shape index (κ1) is 23.6. The monoisotopic (exact) mass is 476 g/mol. The van der Waals surface area contributed by atoms with Crippen LogP contribution in [0.4, 0.5) is 0 Å². The van der Waals surface area contributed by atoms with Crippen LogP contribution in [0.1, 0.15) is 12.0 Å². The second-order valence-corrected chi connectivity index (χ2v) is 10.3. The lowest BCUT2D eigenvalue weighted by Gasteiger charge is -2.18. The minimum atomic E-state index is -3.84. The van der Waals surface area contributed by atoms with Gasteiger partial charge >= 0.3 is 0 Å². The molecule has 0 saturated heterocycles. The van der Waals surface area contributed by atoms with Crippen LogP contribution in [0.2, 0.25) is 5.02 Å². The molecule has 31 heavy (non-hydrogen) atoms. The summed E-state index contributed by atoms with van der Waals surface area (Å²) in [5.41, 5.74) is 1.04. The number of rotatable bonds is 10. The Morgan fingerprint density at radius 1 is 1.03 bits per heavy atom. The molecule has 0 heterocycles. The molecule has 0 bridgehead atoms. The number of fused-ring (bicyclic) bond motifs is 1. The zero-order valence-electron chi connectivity index (χ0n) is 17.2. The van der Waals surface area contributed by atoms with Crippen molar-refractivity contribution in [3.63, 3.8) is 0 Å². The third-order valence-corrected chi connectivity index (χ3v) is 7.25. The van der Waals surface area contributed by atoms with Gasteiger partial charge in [-0.1, -0.05) is 54.1 Å². The molecule has 2 N–H and O–H groups in total. The molecule has 3 rings (SSSR count). The normalized spacial score (nSPS) is 12.6. The van der Waals surface area contributed by atoms with Crippen molar-refractivity contribution >= 4 is 50.1 Å². The smallest absolute Gasteiger partial charge is 0.241 e. The molecule has 0 radical (unpaired) electrons. The predicted octanol–water partition coefficient (Wildman–Crippen LogP) is 4.25. The fourth-order valence-electron chi connectivity index (χ4n) is 3.17. The van der Waals surface area contributed by atoms with E-state index in [0.29, 0.717) is 30.2 Å². The van der Waals surface area contributed by atoms with Crippen molar-refractivity contribution in [2.45, 2.75) is 23.8 Å². The van der Waals surface area contributed by atoms with E-state index in [1.807, 2.05) is 42.7 Å². The van der Waals surface area contributed by atoms with Gasteiger partial charge in [-0.2, -0.15) is 16.5 Å². The Kier molecular flexibility index (Phi) is 8.37. The molecule has 0 saturated carbocycles. The molecule has 1 amide bonds. The summed E-state index contributed by atoms with van der Waals surface area (Å²) < 4.78 is 28.5. The zero-order valence-corrected chi connectivity index (χ0v) is 19.6. The van der Waals surface area contributed by atoms with Gasteiger partial charge in [-0.3, -0.25) is 4.79 Å². The number of halogens is 1. The highest BCUT2D eigenvalue weighted by Crippen LogP contribution is 2.19. The maximum absolute atomic E-state index is 13.0. The van der Waals surface area contributed by atoms with Crippen molar-refractivity contribution in [2.24, 2.45) is 0 Å². The topological polar surface area (TPSA) is 75.3 Å². The number of nitrogens with one attached hydrogen (secondary N) is 2. The van der Waals surface area contributed by atoms with Gasteiger partial charge in [0.1, 0.15) is 6.04 Å². The summed E-state index contributed by atoms with van der Waals surface area (Å²) in [5.74, 6) is 0.336. The van der Waals surface area contributed by atoms with Crippen molar-refractivity contribution in [3.05, 3.63) is 77.3 Å². The van der Waals surface area contributed by atoms with E-state index in [9.17, 15) is 13.2 Å². The first-order valence-corrected chi connectivity index (χ1v) is 13.2. The average molecular weight is 477 g/mol. The zero-order chi connectivity index (χ0) is 22.3. The summed E-state index contributed by atoms with van der Waals surface area (Å²) >= 11 is 7.46. The van der Waals surface area contributed by atoms with Crippen LogP contribution in [0.15, 0.2) is 71.6 Å². The summed E-state index contributed by atoms with van der Waals surface area (Å²) in [6.07, 6.45) is 2.96. The van der Waals surface area contributed by atoms with E-state index in [1.165, 1.54) is 0 Å². The molecule has 0 spiro atoms. The maximum atomic E-state index is 13.0. The first-order valence-electron chi connectivity index (χ1n) is 9.91. The maximum Gasteiger partial charge on any atom is 0.241 e. The minimum Gasteiger partial charge on any atom is -0.354 e. The fourth-order valence-corrected chi connectivity index (χ4v) is 5.04. The second kappa shape index (κ2) is 11.0. The minimum absolute atomic E-state index is 0.148. The standard InChI is InChI=1S/C23H25ClN2O3S2/c1-30-15-13-22(23(27)25-14-12-17-6-9-20(24)10-7-17)26-31(28,29)21-11-8-18-4-2-3-5-19(18)16-21/h2-11,16,22,26H,12-15H2,1H3,(H,25,27)/t22-/m0/s1. The fraction of sp³-hybridized carbons (Fsp3) is 0.261. The van der Waals surface area contributed by atoms with Gasteiger partial charge in [0.2, 0.25) is 15.9 Å². The summed E-state index contributed by atoms with van der Waals surface area (Å²) in [6, 6.07) is 19.1. The second-order valence-electron chi connectivity index (χ2n) is 7.13. The molecule has 0 aromatic heterocycles. The molecule has 0 unspecified atom stereocenters. The van der Waals surface area contributed by atoms with E-state index in [0.717, 1.165) is 16.3 Å². The van der Waals surface area contributed by atoms with Crippen LogP contribution in [-0.2, 0) is 21.2 Å². The van der Waals surface area contributed by atoms with Crippen LogP contribution in [0.5, 0.6) is 0 Å². The molecular weight excluding hydrogens is 452 g/mol. The number of carbonyl (C=O) groups excluding carboxylic acids is 1.